The number of morpholine rings is 1. The zero-order valence-corrected chi connectivity index (χ0v) is 19.6. The topological polar surface area (TPSA) is 56.6 Å². The number of carbonyl (C=O) groups excluding carboxylic acids is 1. The molecular weight excluding hydrogens is 438 g/mol. The molecule has 0 bridgehead atoms. The van der Waals surface area contributed by atoms with Crippen molar-refractivity contribution in [2.45, 2.75) is 44.9 Å². The van der Waals surface area contributed by atoms with Gasteiger partial charge in [-0.25, -0.2) is 4.98 Å². The lowest BCUT2D eigenvalue weighted by Crippen LogP contribution is -2.49. The summed E-state index contributed by atoms with van der Waals surface area (Å²) in [5.41, 5.74) is 3.75. The van der Waals surface area contributed by atoms with E-state index in [9.17, 15) is 4.79 Å². The highest BCUT2D eigenvalue weighted by atomic mass is 35.5. The van der Waals surface area contributed by atoms with Crippen molar-refractivity contribution in [3.63, 3.8) is 0 Å². The average Bonchev–Trinajstić information content (AvgIpc) is 3.45. The average molecular weight is 464 g/mol. The number of benzene rings is 2. The van der Waals surface area contributed by atoms with Gasteiger partial charge in [0.1, 0.15) is 11.9 Å². The normalized spacial score (nSPS) is 23.5. The predicted octanol–water partition coefficient (Wildman–Crippen LogP) is 5.33. The van der Waals surface area contributed by atoms with Gasteiger partial charge in [-0.2, -0.15) is 0 Å². The van der Waals surface area contributed by atoms with E-state index in [1.165, 1.54) is 0 Å². The molecule has 2 saturated heterocycles. The standard InChI is InChI=1S/C26H26ClN3O3/c1-16-14-29(15-28-16)23-9-4-18(12-24(23)32-3)13-25-26(31)30-21(17(2)33-25)10-11-22(30)19-5-7-20(27)8-6-19/h4-9,12-15,17,21-22H,10-11H2,1-3H3/b25-13-/t17-,21-,22+/m1/s1. The van der Waals surface area contributed by atoms with Crippen LogP contribution in [0.1, 0.15) is 42.6 Å². The molecule has 2 aromatic carbocycles. The molecule has 1 amide bonds. The monoisotopic (exact) mass is 463 g/mol. The van der Waals surface area contributed by atoms with Crippen LogP contribution in [0, 0.1) is 6.92 Å². The summed E-state index contributed by atoms with van der Waals surface area (Å²) in [6, 6.07) is 13.7. The molecule has 0 N–H and O–H groups in total. The van der Waals surface area contributed by atoms with Crippen molar-refractivity contribution in [1.82, 2.24) is 14.5 Å². The van der Waals surface area contributed by atoms with E-state index in [1.807, 2.05) is 72.0 Å². The molecule has 0 spiro atoms. The second-order valence-corrected chi connectivity index (χ2v) is 9.05. The second kappa shape index (κ2) is 8.60. The fourth-order valence-electron chi connectivity index (χ4n) is 4.86. The van der Waals surface area contributed by atoms with Crippen molar-refractivity contribution < 1.29 is 14.3 Å². The third-order valence-electron chi connectivity index (χ3n) is 6.48. The fraction of sp³-hybridized carbons (Fsp3) is 0.308. The van der Waals surface area contributed by atoms with Gasteiger partial charge in [-0.3, -0.25) is 4.79 Å². The largest absolute Gasteiger partial charge is 0.495 e. The Hall–Kier alpha value is -3.25. The summed E-state index contributed by atoms with van der Waals surface area (Å²) in [6.07, 6.45) is 7.24. The molecule has 2 aliphatic heterocycles. The number of carbonyl (C=O) groups is 1. The van der Waals surface area contributed by atoms with E-state index in [0.717, 1.165) is 35.3 Å². The molecule has 6 nitrogen and oxygen atoms in total. The summed E-state index contributed by atoms with van der Waals surface area (Å²) in [7, 11) is 1.63. The summed E-state index contributed by atoms with van der Waals surface area (Å²) < 4.78 is 13.6. The molecule has 2 fully saturated rings. The molecule has 33 heavy (non-hydrogen) atoms. The van der Waals surface area contributed by atoms with Gasteiger partial charge in [0.25, 0.3) is 5.91 Å². The lowest BCUT2D eigenvalue weighted by molar-refractivity contribution is -0.144. The molecule has 1 aromatic heterocycles. The van der Waals surface area contributed by atoms with Gasteiger partial charge >= 0.3 is 0 Å². The van der Waals surface area contributed by atoms with Crippen LogP contribution in [0.4, 0.5) is 0 Å². The van der Waals surface area contributed by atoms with Crippen LogP contribution in [0.25, 0.3) is 11.8 Å². The SMILES string of the molecule is COc1cc(/C=C2\O[C@H](C)[C@H]3CC[C@@H](c4ccc(Cl)cc4)N3C2=O)ccc1-n1cnc(C)c1. The maximum Gasteiger partial charge on any atom is 0.289 e. The van der Waals surface area contributed by atoms with Gasteiger partial charge in [-0.15, -0.1) is 0 Å². The zero-order chi connectivity index (χ0) is 23.1. The zero-order valence-electron chi connectivity index (χ0n) is 18.9. The maximum absolute atomic E-state index is 13.5. The predicted molar refractivity (Wildman–Crippen MR) is 127 cm³/mol. The molecule has 0 radical (unpaired) electrons. The van der Waals surface area contributed by atoms with Crippen molar-refractivity contribution >= 4 is 23.6 Å². The molecule has 7 heteroatoms. The maximum atomic E-state index is 13.5. The van der Waals surface area contributed by atoms with Crippen LogP contribution in [-0.4, -0.2) is 39.6 Å². The van der Waals surface area contributed by atoms with Crippen LogP contribution in [0.2, 0.25) is 5.02 Å². The van der Waals surface area contributed by atoms with Crippen molar-refractivity contribution in [1.29, 1.82) is 0 Å². The van der Waals surface area contributed by atoms with Crippen LogP contribution in [0.5, 0.6) is 5.75 Å². The Morgan fingerprint density at radius 1 is 1.18 bits per heavy atom. The van der Waals surface area contributed by atoms with E-state index in [0.29, 0.717) is 16.5 Å². The number of halogens is 1. The van der Waals surface area contributed by atoms with Gasteiger partial charge in [0.2, 0.25) is 0 Å². The summed E-state index contributed by atoms with van der Waals surface area (Å²) in [6.45, 7) is 3.98. The first kappa shape index (κ1) is 21.6. The van der Waals surface area contributed by atoms with Gasteiger partial charge in [-0.1, -0.05) is 29.8 Å². The van der Waals surface area contributed by atoms with Crippen molar-refractivity contribution in [2.75, 3.05) is 7.11 Å². The molecule has 0 saturated carbocycles. The Morgan fingerprint density at radius 2 is 1.97 bits per heavy atom. The Bertz CT molecular complexity index is 1220. The van der Waals surface area contributed by atoms with Gasteiger partial charge in [0.05, 0.1) is 36.9 Å². The van der Waals surface area contributed by atoms with E-state index in [-0.39, 0.29) is 24.1 Å². The third kappa shape index (κ3) is 4.00. The molecule has 170 valence electrons. The summed E-state index contributed by atoms with van der Waals surface area (Å²) >= 11 is 6.07. The number of rotatable bonds is 4. The highest BCUT2D eigenvalue weighted by Gasteiger charge is 2.46. The molecule has 3 atom stereocenters. The number of hydrogen-bond donors (Lipinski definition) is 0. The number of nitrogens with zero attached hydrogens (tertiary/aromatic N) is 3. The molecule has 0 aliphatic carbocycles. The Morgan fingerprint density at radius 3 is 2.67 bits per heavy atom. The van der Waals surface area contributed by atoms with Gasteiger partial charge in [0, 0.05) is 11.2 Å². The van der Waals surface area contributed by atoms with Crippen LogP contribution < -0.4 is 4.74 Å². The van der Waals surface area contributed by atoms with E-state index in [4.69, 9.17) is 21.1 Å². The lowest BCUT2D eigenvalue weighted by Gasteiger charge is -2.39. The second-order valence-electron chi connectivity index (χ2n) is 8.61. The quantitative estimate of drug-likeness (QED) is 0.490. The number of imidazole rings is 1. The first-order chi connectivity index (χ1) is 15.9. The molecule has 0 unspecified atom stereocenters. The molecule has 3 heterocycles. The Labute approximate surface area is 198 Å². The first-order valence-electron chi connectivity index (χ1n) is 11.1. The number of methoxy groups -OCH3 is 1. The van der Waals surface area contributed by atoms with Crippen molar-refractivity contribution in [3.8, 4) is 11.4 Å². The smallest absolute Gasteiger partial charge is 0.289 e. The Kier molecular flexibility index (Phi) is 5.62. The molecule has 3 aromatic rings. The van der Waals surface area contributed by atoms with Crippen LogP contribution in [-0.2, 0) is 9.53 Å². The van der Waals surface area contributed by atoms with Crippen LogP contribution in [0.15, 0.2) is 60.7 Å². The fourth-order valence-corrected chi connectivity index (χ4v) is 4.98. The van der Waals surface area contributed by atoms with Crippen molar-refractivity contribution in [2.24, 2.45) is 0 Å². The van der Waals surface area contributed by atoms with Crippen LogP contribution >= 0.6 is 11.6 Å². The minimum atomic E-state index is -0.0821. The highest BCUT2D eigenvalue weighted by molar-refractivity contribution is 6.30. The number of ether oxygens (including phenoxy) is 2. The Balaban J connectivity index is 1.46. The minimum Gasteiger partial charge on any atom is -0.495 e. The minimum absolute atomic E-state index is 0.0240. The van der Waals surface area contributed by atoms with E-state index < -0.39 is 0 Å². The third-order valence-corrected chi connectivity index (χ3v) is 6.73. The summed E-state index contributed by atoms with van der Waals surface area (Å²) in [4.78, 5) is 19.8. The van der Waals surface area contributed by atoms with E-state index in [1.54, 1.807) is 19.5 Å². The van der Waals surface area contributed by atoms with Gasteiger partial charge in [-0.05, 0) is 68.2 Å². The van der Waals surface area contributed by atoms with E-state index >= 15 is 0 Å². The highest BCUT2D eigenvalue weighted by Crippen LogP contribution is 2.42. The first-order valence-corrected chi connectivity index (χ1v) is 11.5. The number of aryl methyl sites for hydroxylation is 1. The van der Waals surface area contributed by atoms with Crippen molar-refractivity contribution in [3.05, 3.63) is 82.6 Å². The molecule has 5 rings (SSSR count). The molecular formula is C26H26ClN3O3. The number of fused-ring (bicyclic) bond motifs is 1. The van der Waals surface area contributed by atoms with E-state index in [2.05, 4.69) is 4.98 Å². The number of aromatic nitrogens is 2. The molecule has 2 aliphatic rings. The number of hydrogen-bond acceptors (Lipinski definition) is 4. The lowest BCUT2D eigenvalue weighted by atomic mass is 10.0. The number of amides is 1. The summed E-state index contributed by atoms with van der Waals surface area (Å²) in [5.74, 6) is 0.966. The van der Waals surface area contributed by atoms with Crippen LogP contribution in [0.3, 0.4) is 0 Å². The van der Waals surface area contributed by atoms with Gasteiger partial charge in [0.15, 0.2) is 5.76 Å². The van der Waals surface area contributed by atoms with Gasteiger partial charge < -0.3 is 18.9 Å². The summed E-state index contributed by atoms with van der Waals surface area (Å²) in [5, 5.41) is 0.693.